The molecule has 3 rings (SSSR count). The summed E-state index contributed by atoms with van der Waals surface area (Å²) in [5, 5.41) is 5.73. The number of amides is 3. The van der Waals surface area contributed by atoms with Crippen molar-refractivity contribution in [2.45, 2.75) is 25.5 Å². The highest BCUT2D eigenvalue weighted by Crippen LogP contribution is 2.24. The molecule has 0 saturated carbocycles. The largest absolute Gasteiger partial charge is 0.485 e. The molecular weight excluding hydrogens is 332 g/mol. The number of pyridine rings is 1. The number of ether oxygens (including phenoxy) is 1. The molecule has 0 bridgehead atoms. The summed E-state index contributed by atoms with van der Waals surface area (Å²) in [6.07, 6.45) is 2.81. The zero-order valence-electron chi connectivity index (χ0n) is 14.6. The van der Waals surface area contributed by atoms with Gasteiger partial charge >= 0.3 is 6.03 Å². The van der Waals surface area contributed by atoms with Crippen molar-refractivity contribution in [1.29, 1.82) is 0 Å². The third kappa shape index (κ3) is 4.72. The zero-order chi connectivity index (χ0) is 18.4. The second-order valence-corrected chi connectivity index (χ2v) is 6.21. The van der Waals surface area contributed by atoms with E-state index < -0.39 is 0 Å². The quantitative estimate of drug-likeness (QED) is 0.864. The van der Waals surface area contributed by atoms with E-state index >= 15 is 0 Å². The van der Waals surface area contributed by atoms with E-state index in [0.29, 0.717) is 37.4 Å². The van der Waals surface area contributed by atoms with Gasteiger partial charge in [0.1, 0.15) is 12.4 Å². The molecule has 7 heteroatoms. The number of rotatable bonds is 5. The van der Waals surface area contributed by atoms with Gasteiger partial charge in [-0.2, -0.15) is 0 Å². The normalized spacial score (nSPS) is 16.9. The van der Waals surface area contributed by atoms with Gasteiger partial charge in [-0.25, -0.2) is 4.79 Å². The molecule has 136 valence electrons. The van der Waals surface area contributed by atoms with Crippen molar-refractivity contribution in [3.63, 3.8) is 0 Å². The number of hydrogen-bond acceptors (Lipinski definition) is 4. The number of urea groups is 1. The Morgan fingerprint density at radius 3 is 2.85 bits per heavy atom. The van der Waals surface area contributed by atoms with Crippen LogP contribution in [-0.4, -0.2) is 41.5 Å². The van der Waals surface area contributed by atoms with Crippen molar-refractivity contribution in [1.82, 2.24) is 15.2 Å². The van der Waals surface area contributed by atoms with Crippen molar-refractivity contribution in [2.24, 2.45) is 0 Å². The van der Waals surface area contributed by atoms with E-state index in [1.807, 2.05) is 30.3 Å². The van der Waals surface area contributed by atoms with Gasteiger partial charge in [0.05, 0.1) is 11.4 Å². The van der Waals surface area contributed by atoms with Gasteiger partial charge in [-0.05, 0) is 30.7 Å². The number of piperidine rings is 1. The molecule has 0 unspecified atom stereocenters. The molecule has 1 aliphatic rings. The number of anilines is 1. The maximum atomic E-state index is 12.3. The molecule has 2 N–H and O–H groups in total. The first-order valence-corrected chi connectivity index (χ1v) is 8.55. The lowest BCUT2D eigenvalue weighted by molar-refractivity contribution is -0.132. The maximum absolute atomic E-state index is 12.3. The summed E-state index contributed by atoms with van der Waals surface area (Å²) < 4.78 is 5.79. The minimum Gasteiger partial charge on any atom is -0.485 e. The van der Waals surface area contributed by atoms with Gasteiger partial charge in [-0.3, -0.25) is 9.78 Å². The van der Waals surface area contributed by atoms with Crippen LogP contribution in [0.1, 0.15) is 18.5 Å². The van der Waals surface area contributed by atoms with Crippen LogP contribution in [-0.2, 0) is 11.4 Å². The molecule has 2 aromatic rings. The Bertz CT molecular complexity index is 766. The van der Waals surface area contributed by atoms with E-state index in [0.717, 1.165) is 5.69 Å². The van der Waals surface area contributed by atoms with Crippen LogP contribution in [0.3, 0.4) is 0 Å². The number of carbonyl (C=O) groups excluding carboxylic acids is 2. The highest BCUT2D eigenvalue weighted by atomic mass is 16.5. The zero-order valence-corrected chi connectivity index (χ0v) is 14.6. The van der Waals surface area contributed by atoms with Crippen molar-refractivity contribution in [3.05, 3.63) is 54.4 Å². The number of carbonyl (C=O) groups is 2. The predicted octanol–water partition coefficient (Wildman–Crippen LogP) is 2.40. The predicted molar refractivity (Wildman–Crippen MR) is 97.8 cm³/mol. The van der Waals surface area contributed by atoms with Gasteiger partial charge in [-0.1, -0.05) is 18.2 Å². The Morgan fingerprint density at radius 1 is 1.27 bits per heavy atom. The number of nitrogens with zero attached hydrogens (tertiary/aromatic N) is 2. The third-order valence-corrected chi connectivity index (χ3v) is 4.20. The van der Waals surface area contributed by atoms with Crippen molar-refractivity contribution >= 4 is 17.6 Å². The first kappa shape index (κ1) is 17.7. The lowest BCUT2D eigenvalue weighted by atomic mass is 10.1. The molecule has 0 radical (unpaired) electrons. The van der Waals surface area contributed by atoms with Gasteiger partial charge < -0.3 is 20.3 Å². The Hall–Kier alpha value is -3.09. The van der Waals surface area contributed by atoms with Crippen LogP contribution in [0, 0.1) is 0 Å². The second kappa shape index (κ2) is 8.33. The Kier molecular flexibility index (Phi) is 5.68. The minimum atomic E-state index is -0.313. The molecule has 1 aromatic heterocycles. The molecular formula is C19H22N4O3. The van der Waals surface area contributed by atoms with E-state index in [1.165, 1.54) is 0 Å². The minimum absolute atomic E-state index is 0.0562. The first-order chi connectivity index (χ1) is 12.6. The summed E-state index contributed by atoms with van der Waals surface area (Å²) in [6, 6.07) is 12.5. The van der Waals surface area contributed by atoms with Crippen LogP contribution in [0.5, 0.6) is 5.75 Å². The Morgan fingerprint density at radius 2 is 2.08 bits per heavy atom. The molecule has 1 aromatic carbocycles. The SMILES string of the molecule is CN1C[C@H](NC(=O)Nc2ccccc2OCc2ccccn2)CCC1=O. The van der Waals surface area contributed by atoms with Gasteiger partial charge in [-0.15, -0.1) is 0 Å². The summed E-state index contributed by atoms with van der Waals surface area (Å²) in [7, 11) is 1.74. The summed E-state index contributed by atoms with van der Waals surface area (Å²) in [5.74, 6) is 0.681. The fourth-order valence-corrected chi connectivity index (χ4v) is 2.80. The number of likely N-dealkylation sites (N-methyl/N-ethyl adjacent to an activating group) is 1. The number of nitrogens with one attached hydrogen (secondary N) is 2. The fraction of sp³-hybridized carbons (Fsp3) is 0.316. The van der Waals surface area contributed by atoms with E-state index in [2.05, 4.69) is 15.6 Å². The number of likely N-dealkylation sites (tertiary alicyclic amines) is 1. The van der Waals surface area contributed by atoms with E-state index in [9.17, 15) is 9.59 Å². The third-order valence-electron chi connectivity index (χ3n) is 4.20. The van der Waals surface area contributed by atoms with Crippen LogP contribution in [0.4, 0.5) is 10.5 Å². The van der Waals surface area contributed by atoms with Crippen LogP contribution in [0.25, 0.3) is 0 Å². The van der Waals surface area contributed by atoms with Crippen LogP contribution in [0.15, 0.2) is 48.7 Å². The van der Waals surface area contributed by atoms with Crippen molar-refractivity contribution in [3.8, 4) is 5.75 Å². The number of benzene rings is 1. The summed E-state index contributed by atoms with van der Waals surface area (Å²) >= 11 is 0. The standard InChI is InChI=1S/C19H22N4O3/c1-23-12-14(9-10-18(23)24)21-19(25)22-16-7-2-3-8-17(16)26-13-15-6-4-5-11-20-15/h2-8,11,14H,9-10,12-13H2,1H3,(H2,21,22,25)/t14-/m1/s1. The summed E-state index contributed by atoms with van der Waals surface area (Å²) in [6.45, 7) is 0.834. The van der Waals surface area contributed by atoms with Gasteiger partial charge in [0.2, 0.25) is 5.91 Å². The molecule has 1 saturated heterocycles. The summed E-state index contributed by atoms with van der Waals surface area (Å²) in [5.41, 5.74) is 1.39. The molecule has 1 aliphatic heterocycles. The van der Waals surface area contributed by atoms with Crippen LogP contribution < -0.4 is 15.4 Å². The smallest absolute Gasteiger partial charge is 0.319 e. The Labute approximate surface area is 152 Å². The lowest BCUT2D eigenvalue weighted by Crippen LogP contribution is -2.49. The monoisotopic (exact) mass is 354 g/mol. The highest BCUT2D eigenvalue weighted by molar-refractivity contribution is 5.91. The molecule has 0 aliphatic carbocycles. The number of hydrogen-bond donors (Lipinski definition) is 2. The fourth-order valence-electron chi connectivity index (χ4n) is 2.80. The van der Waals surface area contributed by atoms with E-state index in [-0.39, 0.29) is 18.0 Å². The van der Waals surface area contributed by atoms with Gasteiger partial charge in [0.25, 0.3) is 0 Å². The first-order valence-electron chi connectivity index (χ1n) is 8.55. The average molecular weight is 354 g/mol. The molecule has 1 fully saturated rings. The van der Waals surface area contributed by atoms with Gasteiger partial charge in [0.15, 0.2) is 0 Å². The molecule has 7 nitrogen and oxygen atoms in total. The van der Waals surface area contributed by atoms with E-state index in [1.54, 1.807) is 30.3 Å². The molecule has 1 atom stereocenters. The van der Waals surface area contributed by atoms with Crippen molar-refractivity contribution in [2.75, 3.05) is 18.9 Å². The lowest BCUT2D eigenvalue weighted by Gasteiger charge is -2.30. The van der Waals surface area contributed by atoms with Gasteiger partial charge in [0, 0.05) is 32.3 Å². The highest BCUT2D eigenvalue weighted by Gasteiger charge is 2.24. The summed E-state index contributed by atoms with van der Waals surface area (Å²) in [4.78, 5) is 29.7. The maximum Gasteiger partial charge on any atom is 0.319 e. The molecule has 2 heterocycles. The molecule has 3 amide bonds. The van der Waals surface area contributed by atoms with Crippen LogP contribution in [0.2, 0.25) is 0 Å². The van der Waals surface area contributed by atoms with Crippen LogP contribution >= 0.6 is 0 Å². The second-order valence-electron chi connectivity index (χ2n) is 6.21. The average Bonchev–Trinajstić information content (AvgIpc) is 2.65. The Balaban J connectivity index is 1.57. The van der Waals surface area contributed by atoms with Crippen molar-refractivity contribution < 1.29 is 14.3 Å². The molecule has 26 heavy (non-hydrogen) atoms. The molecule has 0 spiro atoms. The van der Waals surface area contributed by atoms with E-state index in [4.69, 9.17) is 4.74 Å². The number of aromatic nitrogens is 1. The number of para-hydroxylation sites is 2. The topological polar surface area (TPSA) is 83.6 Å².